The van der Waals surface area contributed by atoms with Gasteiger partial charge in [-0.15, -0.1) is 0 Å². The minimum absolute atomic E-state index is 0.294. The molecule has 0 spiro atoms. The van der Waals surface area contributed by atoms with E-state index in [2.05, 4.69) is 60.4 Å². The molecule has 19 heavy (non-hydrogen) atoms. The van der Waals surface area contributed by atoms with E-state index in [1.165, 1.54) is 5.69 Å². The minimum Gasteiger partial charge on any atom is -0.382 e. The summed E-state index contributed by atoms with van der Waals surface area (Å²) in [5.74, 6) is 0. The van der Waals surface area contributed by atoms with Crippen LogP contribution in [0.5, 0.6) is 0 Å². The zero-order chi connectivity index (χ0) is 13.7. The van der Waals surface area contributed by atoms with Crippen LogP contribution in [0.25, 0.3) is 0 Å². The van der Waals surface area contributed by atoms with E-state index in [4.69, 9.17) is 4.74 Å². The molecule has 0 aromatic heterocycles. The molecule has 1 aliphatic rings. The largest absolute Gasteiger partial charge is 0.382 e. The van der Waals surface area contributed by atoms with Crippen molar-refractivity contribution in [3.63, 3.8) is 0 Å². The maximum absolute atomic E-state index is 5.78. The number of likely N-dealkylation sites (N-methyl/N-ethyl adjacent to an activating group) is 1. The van der Waals surface area contributed by atoms with Crippen molar-refractivity contribution in [2.75, 3.05) is 57.1 Å². The van der Waals surface area contributed by atoms with Crippen LogP contribution in [0.1, 0.15) is 6.92 Å². The van der Waals surface area contributed by atoms with Gasteiger partial charge in [-0.25, -0.2) is 0 Å². The van der Waals surface area contributed by atoms with Crippen LogP contribution in [-0.4, -0.2) is 57.9 Å². The number of nitrogens with one attached hydrogen (secondary N) is 1. The van der Waals surface area contributed by atoms with Crippen LogP contribution in [-0.2, 0) is 4.74 Å². The molecule has 0 saturated carbocycles. The normalized spacial score (nSPS) is 20.3. The second kappa shape index (κ2) is 6.78. The second-order valence-electron chi connectivity index (χ2n) is 5.21. The lowest BCUT2D eigenvalue weighted by molar-refractivity contribution is -0.0191. The predicted molar refractivity (Wildman–Crippen MR) is 81.1 cm³/mol. The molecule has 4 nitrogen and oxygen atoms in total. The summed E-state index contributed by atoms with van der Waals surface area (Å²) in [5.41, 5.74) is 2.37. The molecule has 0 bridgehead atoms. The van der Waals surface area contributed by atoms with Gasteiger partial charge in [-0.05, 0) is 30.8 Å². The molecular formula is C15H25N3O. The molecule has 1 aromatic carbocycles. The Morgan fingerprint density at radius 1 is 1.32 bits per heavy atom. The van der Waals surface area contributed by atoms with Gasteiger partial charge in [-0.2, -0.15) is 0 Å². The predicted octanol–water partition coefficient (Wildman–Crippen LogP) is 1.89. The van der Waals surface area contributed by atoms with Gasteiger partial charge in [-0.3, -0.25) is 4.90 Å². The Hall–Kier alpha value is -1.26. The van der Waals surface area contributed by atoms with E-state index in [9.17, 15) is 0 Å². The van der Waals surface area contributed by atoms with Crippen LogP contribution in [0.15, 0.2) is 24.3 Å². The van der Waals surface area contributed by atoms with Crippen molar-refractivity contribution in [3.05, 3.63) is 24.3 Å². The van der Waals surface area contributed by atoms with Crippen LogP contribution < -0.4 is 10.2 Å². The Morgan fingerprint density at radius 2 is 2.05 bits per heavy atom. The first kappa shape index (κ1) is 14.2. The summed E-state index contributed by atoms with van der Waals surface area (Å²) in [6.45, 7) is 7.12. The van der Waals surface area contributed by atoms with Crippen molar-refractivity contribution in [1.82, 2.24) is 4.90 Å². The SMILES string of the molecule is CCN1CCOC(CNc2ccc(N(C)C)cc2)C1. The molecule has 1 saturated heterocycles. The van der Waals surface area contributed by atoms with Crippen LogP contribution in [0.3, 0.4) is 0 Å². The first-order chi connectivity index (χ1) is 9.19. The highest BCUT2D eigenvalue weighted by Gasteiger charge is 2.18. The average molecular weight is 263 g/mol. The lowest BCUT2D eigenvalue weighted by atomic mass is 10.2. The number of hydrogen-bond donors (Lipinski definition) is 1. The van der Waals surface area contributed by atoms with Crippen LogP contribution in [0.2, 0.25) is 0 Å². The maximum atomic E-state index is 5.78. The van der Waals surface area contributed by atoms with Gasteiger partial charge in [0.2, 0.25) is 0 Å². The van der Waals surface area contributed by atoms with Crippen molar-refractivity contribution in [2.24, 2.45) is 0 Å². The zero-order valence-corrected chi connectivity index (χ0v) is 12.2. The number of benzene rings is 1. The van der Waals surface area contributed by atoms with Gasteiger partial charge in [-0.1, -0.05) is 6.92 Å². The minimum atomic E-state index is 0.294. The number of ether oxygens (including phenoxy) is 1. The molecule has 1 heterocycles. The second-order valence-corrected chi connectivity index (χ2v) is 5.21. The third-order valence-corrected chi connectivity index (χ3v) is 3.59. The lowest BCUT2D eigenvalue weighted by Gasteiger charge is -2.32. The zero-order valence-electron chi connectivity index (χ0n) is 12.2. The van der Waals surface area contributed by atoms with E-state index in [-0.39, 0.29) is 0 Å². The summed E-state index contributed by atoms with van der Waals surface area (Å²) in [6, 6.07) is 8.50. The number of morpholine rings is 1. The number of rotatable bonds is 5. The number of nitrogens with zero attached hydrogens (tertiary/aromatic N) is 2. The summed E-state index contributed by atoms with van der Waals surface area (Å²) >= 11 is 0. The summed E-state index contributed by atoms with van der Waals surface area (Å²) in [4.78, 5) is 4.54. The molecule has 1 aliphatic heterocycles. The van der Waals surface area contributed by atoms with Crippen molar-refractivity contribution in [3.8, 4) is 0 Å². The van der Waals surface area contributed by atoms with Gasteiger partial charge in [0.25, 0.3) is 0 Å². The molecule has 106 valence electrons. The van der Waals surface area contributed by atoms with E-state index in [1.54, 1.807) is 0 Å². The van der Waals surface area contributed by atoms with Gasteiger partial charge in [0.15, 0.2) is 0 Å². The van der Waals surface area contributed by atoms with Crippen LogP contribution in [0, 0.1) is 0 Å². The molecule has 1 fully saturated rings. The highest BCUT2D eigenvalue weighted by atomic mass is 16.5. The Morgan fingerprint density at radius 3 is 2.68 bits per heavy atom. The summed E-state index contributed by atoms with van der Waals surface area (Å²) in [7, 11) is 4.11. The van der Waals surface area contributed by atoms with Gasteiger partial charge < -0.3 is 15.0 Å². The van der Waals surface area contributed by atoms with E-state index < -0.39 is 0 Å². The molecule has 1 unspecified atom stereocenters. The Kier molecular flexibility index (Phi) is 5.05. The third-order valence-electron chi connectivity index (χ3n) is 3.59. The third kappa shape index (κ3) is 4.11. The molecule has 1 atom stereocenters. The molecule has 4 heteroatoms. The quantitative estimate of drug-likeness (QED) is 0.878. The Balaban J connectivity index is 1.81. The molecule has 2 rings (SSSR count). The van der Waals surface area contributed by atoms with Crippen LogP contribution in [0.4, 0.5) is 11.4 Å². The fraction of sp³-hybridized carbons (Fsp3) is 0.600. The molecule has 0 aliphatic carbocycles. The molecular weight excluding hydrogens is 238 g/mol. The van der Waals surface area contributed by atoms with Crippen molar-refractivity contribution >= 4 is 11.4 Å². The Labute approximate surface area is 116 Å². The summed E-state index contributed by atoms with van der Waals surface area (Å²) < 4.78 is 5.78. The highest BCUT2D eigenvalue weighted by molar-refractivity contribution is 5.54. The van der Waals surface area contributed by atoms with E-state index >= 15 is 0 Å². The lowest BCUT2D eigenvalue weighted by Crippen LogP contribution is -2.45. The topological polar surface area (TPSA) is 27.7 Å². The maximum Gasteiger partial charge on any atom is 0.0874 e. The fourth-order valence-corrected chi connectivity index (χ4v) is 2.30. The Bertz CT molecular complexity index is 377. The fourth-order valence-electron chi connectivity index (χ4n) is 2.30. The van der Waals surface area contributed by atoms with Gasteiger partial charge in [0, 0.05) is 45.1 Å². The molecule has 1 aromatic rings. The summed E-state index contributed by atoms with van der Waals surface area (Å²) in [5, 5.41) is 3.45. The average Bonchev–Trinajstić information content (AvgIpc) is 2.46. The molecule has 0 amide bonds. The molecule has 0 radical (unpaired) electrons. The highest BCUT2D eigenvalue weighted by Crippen LogP contribution is 2.16. The summed E-state index contributed by atoms with van der Waals surface area (Å²) in [6.07, 6.45) is 0.294. The first-order valence-corrected chi connectivity index (χ1v) is 7.04. The number of anilines is 2. The van der Waals surface area contributed by atoms with Gasteiger partial charge in [0.1, 0.15) is 0 Å². The molecule has 1 N–H and O–H groups in total. The van der Waals surface area contributed by atoms with E-state index in [0.29, 0.717) is 6.10 Å². The van der Waals surface area contributed by atoms with E-state index in [1.807, 2.05) is 0 Å². The monoisotopic (exact) mass is 263 g/mol. The van der Waals surface area contributed by atoms with Crippen molar-refractivity contribution in [1.29, 1.82) is 0 Å². The first-order valence-electron chi connectivity index (χ1n) is 7.04. The number of hydrogen-bond acceptors (Lipinski definition) is 4. The van der Waals surface area contributed by atoms with Crippen molar-refractivity contribution in [2.45, 2.75) is 13.0 Å². The van der Waals surface area contributed by atoms with E-state index in [0.717, 1.165) is 38.5 Å². The standard InChI is InChI=1S/C15H25N3O/c1-4-18-9-10-19-15(12-18)11-16-13-5-7-14(8-6-13)17(2)3/h5-8,15-16H,4,9-12H2,1-3H3. The smallest absolute Gasteiger partial charge is 0.0874 e. The van der Waals surface area contributed by atoms with Crippen LogP contribution >= 0.6 is 0 Å². The van der Waals surface area contributed by atoms with Gasteiger partial charge >= 0.3 is 0 Å². The van der Waals surface area contributed by atoms with Crippen molar-refractivity contribution < 1.29 is 4.74 Å². The van der Waals surface area contributed by atoms with Gasteiger partial charge in [0.05, 0.1) is 12.7 Å².